The van der Waals surface area contributed by atoms with Gasteiger partial charge in [0.05, 0.1) is 29.5 Å². The maximum Gasteiger partial charge on any atom is 0.140 e. The molecule has 2 atom stereocenters. The molecule has 0 aliphatic carbocycles. The van der Waals surface area contributed by atoms with Crippen LogP contribution in [0.5, 0.6) is 0 Å². The standard InChI is InChI=1S/C26H28N8/c1-33-9-7-20-19(6-8-28-26(20)33)25-22-12-27-11-21(22)23(13-30-25)32-24-5-4-18(10-29-24)34-14-16-2-3-17(15-34)31-16/h4-10,13,16-17,27,31H,2-3,11-12,14-15H2,1H3,(H,29,32). The Kier molecular flexibility index (Phi) is 4.56. The van der Waals surface area contributed by atoms with Gasteiger partial charge in [-0.3, -0.25) is 4.98 Å². The molecule has 7 heterocycles. The van der Waals surface area contributed by atoms with E-state index in [9.17, 15) is 0 Å². The molecule has 4 aromatic heterocycles. The van der Waals surface area contributed by atoms with Crippen LogP contribution in [0.4, 0.5) is 17.2 Å². The van der Waals surface area contributed by atoms with Crippen molar-refractivity contribution in [2.75, 3.05) is 23.3 Å². The zero-order chi connectivity index (χ0) is 22.6. The Labute approximate surface area is 198 Å². The van der Waals surface area contributed by atoms with E-state index >= 15 is 0 Å². The predicted octanol–water partition coefficient (Wildman–Crippen LogP) is 3.32. The van der Waals surface area contributed by atoms with Gasteiger partial charge in [-0.1, -0.05) is 0 Å². The Morgan fingerprint density at radius 1 is 0.941 bits per heavy atom. The van der Waals surface area contributed by atoms with E-state index in [0.29, 0.717) is 12.1 Å². The highest BCUT2D eigenvalue weighted by molar-refractivity contribution is 5.93. The molecule has 8 nitrogen and oxygen atoms in total. The van der Waals surface area contributed by atoms with Crippen molar-refractivity contribution in [3.8, 4) is 11.3 Å². The van der Waals surface area contributed by atoms with Crippen molar-refractivity contribution in [1.82, 2.24) is 30.2 Å². The summed E-state index contributed by atoms with van der Waals surface area (Å²) in [5.74, 6) is 0.847. The second-order valence-electron chi connectivity index (χ2n) is 9.67. The summed E-state index contributed by atoms with van der Waals surface area (Å²) in [4.78, 5) is 16.6. The van der Waals surface area contributed by atoms with Gasteiger partial charge in [0.2, 0.25) is 0 Å². The molecule has 3 N–H and O–H groups in total. The third-order valence-corrected chi connectivity index (χ3v) is 7.52. The average molecular weight is 453 g/mol. The lowest BCUT2D eigenvalue weighted by Crippen LogP contribution is -2.51. The molecule has 34 heavy (non-hydrogen) atoms. The number of aryl methyl sites for hydroxylation is 1. The Bertz CT molecular complexity index is 1360. The quantitative estimate of drug-likeness (QED) is 0.438. The minimum absolute atomic E-state index is 0.619. The van der Waals surface area contributed by atoms with Gasteiger partial charge in [-0.05, 0) is 48.2 Å². The molecular formula is C26H28N8. The first kappa shape index (κ1) is 19.9. The molecule has 2 fully saturated rings. The van der Waals surface area contributed by atoms with E-state index in [1.807, 2.05) is 30.2 Å². The SMILES string of the molecule is Cn1ccc2c(-c3ncc(Nc4ccc(N5CC6CCC(C5)N6)cn4)c4c3CNC4)ccnc21. The maximum absolute atomic E-state index is 4.91. The van der Waals surface area contributed by atoms with Crippen LogP contribution in [-0.2, 0) is 20.1 Å². The van der Waals surface area contributed by atoms with E-state index in [1.54, 1.807) is 0 Å². The minimum Gasteiger partial charge on any atom is -0.367 e. The number of nitrogens with one attached hydrogen (secondary N) is 3. The lowest BCUT2D eigenvalue weighted by atomic mass is 10.0. The van der Waals surface area contributed by atoms with Crippen LogP contribution in [0.15, 0.2) is 49.1 Å². The first-order valence-electron chi connectivity index (χ1n) is 12.1. The van der Waals surface area contributed by atoms with Crippen LogP contribution < -0.4 is 20.9 Å². The maximum atomic E-state index is 4.91. The van der Waals surface area contributed by atoms with Gasteiger partial charge in [-0.25, -0.2) is 9.97 Å². The first-order chi connectivity index (χ1) is 16.7. The van der Waals surface area contributed by atoms with E-state index in [2.05, 4.69) is 56.3 Å². The van der Waals surface area contributed by atoms with Gasteiger partial charge in [0.25, 0.3) is 0 Å². The summed E-state index contributed by atoms with van der Waals surface area (Å²) < 4.78 is 2.05. The van der Waals surface area contributed by atoms with Crippen LogP contribution in [0.1, 0.15) is 24.0 Å². The number of nitrogens with zero attached hydrogens (tertiary/aromatic N) is 5. The summed E-state index contributed by atoms with van der Waals surface area (Å²) in [7, 11) is 2.02. The Morgan fingerprint density at radius 3 is 2.62 bits per heavy atom. The minimum atomic E-state index is 0.619. The number of rotatable bonds is 4. The van der Waals surface area contributed by atoms with Gasteiger partial charge in [0, 0.05) is 68.7 Å². The molecular weight excluding hydrogens is 424 g/mol. The topological polar surface area (TPSA) is 82.9 Å². The molecule has 2 saturated heterocycles. The van der Waals surface area contributed by atoms with E-state index in [0.717, 1.165) is 60.0 Å². The summed E-state index contributed by atoms with van der Waals surface area (Å²) in [5.41, 5.74) is 7.86. The second-order valence-corrected chi connectivity index (χ2v) is 9.67. The van der Waals surface area contributed by atoms with E-state index < -0.39 is 0 Å². The largest absolute Gasteiger partial charge is 0.367 e. The monoisotopic (exact) mass is 452 g/mol. The van der Waals surface area contributed by atoms with Crippen molar-refractivity contribution in [2.45, 2.75) is 38.0 Å². The number of aromatic nitrogens is 4. The first-order valence-corrected chi connectivity index (χ1v) is 12.1. The van der Waals surface area contributed by atoms with Crippen molar-refractivity contribution in [1.29, 1.82) is 0 Å². The fourth-order valence-corrected chi connectivity index (χ4v) is 5.80. The second kappa shape index (κ2) is 7.78. The van der Waals surface area contributed by atoms with Gasteiger partial charge in [-0.15, -0.1) is 0 Å². The molecule has 4 aromatic rings. The number of anilines is 3. The molecule has 3 aliphatic heterocycles. The highest BCUT2D eigenvalue weighted by Crippen LogP contribution is 2.36. The zero-order valence-electron chi connectivity index (χ0n) is 19.3. The van der Waals surface area contributed by atoms with Crippen molar-refractivity contribution in [3.63, 3.8) is 0 Å². The lowest BCUT2D eigenvalue weighted by Gasteiger charge is -2.34. The predicted molar refractivity (Wildman–Crippen MR) is 134 cm³/mol. The summed E-state index contributed by atoms with van der Waals surface area (Å²) in [6.45, 7) is 3.76. The van der Waals surface area contributed by atoms with E-state index in [-0.39, 0.29) is 0 Å². The molecule has 8 heteroatoms. The fourth-order valence-electron chi connectivity index (χ4n) is 5.80. The van der Waals surface area contributed by atoms with Gasteiger partial charge in [0.15, 0.2) is 0 Å². The van der Waals surface area contributed by atoms with Crippen LogP contribution in [0.3, 0.4) is 0 Å². The van der Waals surface area contributed by atoms with Gasteiger partial charge < -0.3 is 25.4 Å². The summed E-state index contributed by atoms with van der Waals surface area (Å²) in [6, 6.07) is 9.69. The van der Waals surface area contributed by atoms with E-state index in [1.165, 1.54) is 29.7 Å². The molecule has 7 rings (SSSR count). The van der Waals surface area contributed by atoms with E-state index in [4.69, 9.17) is 9.97 Å². The molecule has 3 aliphatic rings. The third-order valence-electron chi connectivity index (χ3n) is 7.52. The Hall–Kier alpha value is -3.49. The summed E-state index contributed by atoms with van der Waals surface area (Å²) >= 11 is 0. The number of fused-ring (bicyclic) bond motifs is 4. The molecule has 0 radical (unpaired) electrons. The molecule has 0 saturated carbocycles. The van der Waals surface area contributed by atoms with Gasteiger partial charge in [-0.2, -0.15) is 0 Å². The fraction of sp³-hybridized carbons (Fsp3) is 0.346. The number of hydrogen-bond acceptors (Lipinski definition) is 7. The Balaban J connectivity index is 1.17. The smallest absolute Gasteiger partial charge is 0.140 e. The van der Waals surface area contributed by atoms with Crippen molar-refractivity contribution < 1.29 is 0 Å². The molecule has 0 spiro atoms. The highest BCUT2D eigenvalue weighted by Gasteiger charge is 2.32. The third kappa shape index (κ3) is 3.25. The summed E-state index contributed by atoms with van der Waals surface area (Å²) in [5, 5.41) is 11.9. The van der Waals surface area contributed by atoms with Crippen molar-refractivity contribution in [2.24, 2.45) is 7.05 Å². The lowest BCUT2D eigenvalue weighted by molar-refractivity contribution is 0.465. The van der Waals surface area contributed by atoms with Crippen LogP contribution in [0.2, 0.25) is 0 Å². The van der Waals surface area contributed by atoms with Crippen LogP contribution in [0, 0.1) is 0 Å². The van der Waals surface area contributed by atoms with Crippen molar-refractivity contribution in [3.05, 3.63) is 60.2 Å². The average Bonchev–Trinajstić information content (AvgIpc) is 3.59. The normalized spacial score (nSPS) is 21.3. The molecule has 0 amide bonds. The number of pyridine rings is 3. The zero-order valence-corrected chi connectivity index (χ0v) is 19.3. The number of hydrogen-bond donors (Lipinski definition) is 3. The van der Waals surface area contributed by atoms with Gasteiger partial charge in [0.1, 0.15) is 11.5 Å². The molecule has 2 unspecified atom stereocenters. The summed E-state index contributed by atoms with van der Waals surface area (Å²) in [6.07, 6.45) is 10.4. The van der Waals surface area contributed by atoms with Crippen LogP contribution in [0.25, 0.3) is 22.3 Å². The molecule has 2 bridgehead atoms. The number of piperazine rings is 1. The highest BCUT2D eigenvalue weighted by atomic mass is 15.2. The molecule has 172 valence electrons. The van der Waals surface area contributed by atoms with Crippen LogP contribution in [-0.4, -0.2) is 44.7 Å². The molecule has 0 aromatic carbocycles. The van der Waals surface area contributed by atoms with Crippen LogP contribution >= 0.6 is 0 Å². The van der Waals surface area contributed by atoms with Crippen molar-refractivity contribution >= 4 is 28.2 Å². The van der Waals surface area contributed by atoms with Gasteiger partial charge >= 0.3 is 0 Å². The Morgan fingerprint density at radius 2 is 1.79 bits per heavy atom.